The molecule has 1 fully saturated rings. The molecule has 0 amide bonds. The second-order valence-corrected chi connectivity index (χ2v) is 7.76. The van der Waals surface area contributed by atoms with E-state index in [4.69, 9.17) is 0 Å². The van der Waals surface area contributed by atoms with E-state index in [1.165, 1.54) is 11.3 Å². The van der Waals surface area contributed by atoms with Crippen LogP contribution < -0.4 is 5.32 Å². The Balaban J connectivity index is 1.87. The largest absolute Gasteiger partial charge is 0.389 e. The zero-order valence-corrected chi connectivity index (χ0v) is 14.0. The lowest BCUT2D eigenvalue weighted by Crippen LogP contribution is -2.44. The number of nitrogens with zero attached hydrogens (tertiary/aromatic N) is 1. The molecule has 0 bridgehead atoms. The fourth-order valence-electron chi connectivity index (χ4n) is 3.19. The molecule has 4 heteroatoms. The maximum absolute atomic E-state index is 10.7. The van der Waals surface area contributed by atoms with Crippen LogP contribution >= 0.6 is 11.3 Å². The van der Waals surface area contributed by atoms with Crippen LogP contribution in [0.3, 0.4) is 0 Å². The molecule has 20 heavy (non-hydrogen) atoms. The van der Waals surface area contributed by atoms with Gasteiger partial charge in [-0.2, -0.15) is 0 Å². The van der Waals surface area contributed by atoms with E-state index >= 15 is 0 Å². The van der Waals surface area contributed by atoms with Crippen molar-refractivity contribution in [2.45, 2.75) is 71.4 Å². The van der Waals surface area contributed by atoms with Gasteiger partial charge in [-0.05, 0) is 52.4 Å². The molecular weight excluding hydrogens is 268 g/mol. The van der Waals surface area contributed by atoms with E-state index in [2.05, 4.69) is 31.1 Å². The normalized spacial score (nSPS) is 28.6. The van der Waals surface area contributed by atoms with Gasteiger partial charge in [0.1, 0.15) is 0 Å². The highest BCUT2D eigenvalue weighted by Crippen LogP contribution is 2.33. The Labute approximate surface area is 126 Å². The third kappa shape index (κ3) is 3.80. The molecule has 1 heterocycles. The molecule has 1 aliphatic carbocycles. The SMILES string of the molecule is CCC1CCC(O)(CNC(C)c2nc(C)sc2C)CC1. The molecule has 0 spiro atoms. The number of rotatable bonds is 5. The predicted molar refractivity (Wildman–Crippen MR) is 85.2 cm³/mol. The maximum atomic E-state index is 10.7. The van der Waals surface area contributed by atoms with Gasteiger partial charge in [0.15, 0.2) is 0 Å². The molecule has 2 rings (SSSR count). The molecule has 2 N–H and O–H groups in total. The molecule has 1 saturated carbocycles. The summed E-state index contributed by atoms with van der Waals surface area (Å²) in [6.07, 6.45) is 5.44. The van der Waals surface area contributed by atoms with Crippen molar-refractivity contribution in [2.24, 2.45) is 5.92 Å². The number of aryl methyl sites for hydroxylation is 2. The van der Waals surface area contributed by atoms with Gasteiger partial charge in [-0.1, -0.05) is 13.3 Å². The number of aliphatic hydroxyl groups is 1. The number of thiazole rings is 1. The van der Waals surface area contributed by atoms with Crippen molar-refractivity contribution in [1.29, 1.82) is 0 Å². The van der Waals surface area contributed by atoms with Crippen LogP contribution in [0.4, 0.5) is 0 Å². The summed E-state index contributed by atoms with van der Waals surface area (Å²) in [5.41, 5.74) is 0.622. The molecule has 1 aromatic rings. The molecule has 0 aliphatic heterocycles. The van der Waals surface area contributed by atoms with Crippen LogP contribution in [0, 0.1) is 19.8 Å². The molecule has 0 aromatic carbocycles. The van der Waals surface area contributed by atoms with Gasteiger partial charge < -0.3 is 10.4 Å². The number of nitrogens with one attached hydrogen (secondary N) is 1. The zero-order chi connectivity index (χ0) is 14.8. The summed E-state index contributed by atoms with van der Waals surface area (Å²) in [6.45, 7) is 9.25. The Morgan fingerprint density at radius 2 is 2.05 bits per heavy atom. The van der Waals surface area contributed by atoms with Gasteiger partial charge in [-0.25, -0.2) is 4.98 Å². The Morgan fingerprint density at radius 3 is 2.55 bits per heavy atom. The number of hydrogen-bond acceptors (Lipinski definition) is 4. The second-order valence-electron chi connectivity index (χ2n) is 6.35. The van der Waals surface area contributed by atoms with Crippen molar-refractivity contribution >= 4 is 11.3 Å². The van der Waals surface area contributed by atoms with Crippen LogP contribution in [0.2, 0.25) is 0 Å². The van der Waals surface area contributed by atoms with Gasteiger partial charge in [0, 0.05) is 17.5 Å². The Morgan fingerprint density at radius 1 is 1.40 bits per heavy atom. The van der Waals surface area contributed by atoms with Crippen LogP contribution in [0.5, 0.6) is 0 Å². The van der Waals surface area contributed by atoms with Crippen LogP contribution in [0.15, 0.2) is 0 Å². The van der Waals surface area contributed by atoms with Gasteiger partial charge in [-0.3, -0.25) is 0 Å². The van der Waals surface area contributed by atoms with Crippen molar-refractivity contribution in [3.63, 3.8) is 0 Å². The fourth-order valence-corrected chi connectivity index (χ4v) is 4.10. The highest BCUT2D eigenvalue weighted by atomic mass is 32.1. The zero-order valence-electron chi connectivity index (χ0n) is 13.2. The van der Waals surface area contributed by atoms with Crippen molar-refractivity contribution in [2.75, 3.05) is 6.54 Å². The Kier molecular flexibility index (Phi) is 5.21. The molecule has 0 saturated heterocycles. The quantitative estimate of drug-likeness (QED) is 0.870. The molecule has 1 aromatic heterocycles. The fraction of sp³-hybridized carbons (Fsp3) is 0.812. The molecule has 1 unspecified atom stereocenters. The van der Waals surface area contributed by atoms with Crippen LogP contribution in [-0.4, -0.2) is 22.2 Å². The third-order valence-electron chi connectivity index (χ3n) is 4.70. The smallest absolute Gasteiger partial charge is 0.0900 e. The average Bonchev–Trinajstić information content (AvgIpc) is 2.76. The summed E-state index contributed by atoms with van der Waals surface area (Å²) in [4.78, 5) is 5.88. The summed E-state index contributed by atoms with van der Waals surface area (Å²) in [5, 5.41) is 15.3. The van der Waals surface area contributed by atoms with E-state index in [1.807, 2.05) is 6.92 Å². The summed E-state index contributed by atoms with van der Waals surface area (Å²) in [7, 11) is 0. The second kappa shape index (κ2) is 6.54. The van der Waals surface area contributed by atoms with E-state index < -0.39 is 5.60 Å². The lowest BCUT2D eigenvalue weighted by atomic mass is 9.78. The summed E-state index contributed by atoms with van der Waals surface area (Å²) >= 11 is 1.75. The van der Waals surface area contributed by atoms with Crippen LogP contribution in [0.1, 0.15) is 67.6 Å². The van der Waals surface area contributed by atoms with Gasteiger partial charge in [-0.15, -0.1) is 11.3 Å². The molecule has 1 aliphatic rings. The topological polar surface area (TPSA) is 45.1 Å². The lowest BCUT2D eigenvalue weighted by molar-refractivity contribution is -0.0104. The first-order valence-corrected chi connectivity index (χ1v) is 8.65. The number of hydrogen-bond donors (Lipinski definition) is 2. The molecular formula is C16H28N2OS. The predicted octanol–water partition coefficient (Wildman–Crippen LogP) is 3.74. The maximum Gasteiger partial charge on any atom is 0.0900 e. The monoisotopic (exact) mass is 296 g/mol. The molecule has 114 valence electrons. The van der Waals surface area contributed by atoms with E-state index in [0.29, 0.717) is 6.54 Å². The van der Waals surface area contributed by atoms with E-state index in [9.17, 15) is 5.11 Å². The van der Waals surface area contributed by atoms with E-state index in [1.54, 1.807) is 11.3 Å². The first-order valence-electron chi connectivity index (χ1n) is 7.83. The summed E-state index contributed by atoms with van der Waals surface area (Å²) < 4.78 is 0. The van der Waals surface area contributed by atoms with Gasteiger partial charge >= 0.3 is 0 Å². The minimum Gasteiger partial charge on any atom is -0.389 e. The Hall–Kier alpha value is -0.450. The first-order chi connectivity index (χ1) is 9.43. The van der Waals surface area contributed by atoms with Gasteiger partial charge in [0.2, 0.25) is 0 Å². The van der Waals surface area contributed by atoms with Crippen molar-refractivity contribution in [3.05, 3.63) is 15.6 Å². The van der Waals surface area contributed by atoms with E-state index in [-0.39, 0.29) is 6.04 Å². The molecule has 3 nitrogen and oxygen atoms in total. The minimum atomic E-state index is -0.515. The Bertz CT molecular complexity index is 436. The molecule has 0 radical (unpaired) electrons. The summed E-state index contributed by atoms with van der Waals surface area (Å²) in [6, 6.07) is 0.216. The van der Waals surface area contributed by atoms with Crippen LogP contribution in [-0.2, 0) is 0 Å². The van der Waals surface area contributed by atoms with Crippen molar-refractivity contribution in [3.8, 4) is 0 Å². The molecule has 1 atom stereocenters. The highest BCUT2D eigenvalue weighted by Gasteiger charge is 2.32. The lowest BCUT2D eigenvalue weighted by Gasteiger charge is -2.36. The average molecular weight is 296 g/mol. The number of aromatic nitrogens is 1. The third-order valence-corrected chi connectivity index (χ3v) is 5.60. The van der Waals surface area contributed by atoms with Crippen molar-refractivity contribution in [1.82, 2.24) is 10.3 Å². The van der Waals surface area contributed by atoms with Gasteiger partial charge in [0.25, 0.3) is 0 Å². The first kappa shape index (κ1) is 15.9. The van der Waals surface area contributed by atoms with Crippen LogP contribution in [0.25, 0.3) is 0 Å². The van der Waals surface area contributed by atoms with Crippen molar-refractivity contribution < 1.29 is 5.11 Å². The van der Waals surface area contributed by atoms with Gasteiger partial charge in [0.05, 0.1) is 16.3 Å². The summed E-state index contributed by atoms with van der Waals surface area (Å²) in [5.74, 6) is 0.816. The standard InChI is InChI=1S/C16H28N2OS/c1-5-14-6-8-16(19,9-7-14)10-17-11(2)15-12(3)20-13(4)18-15/h11,14,17,19H,5-10H2,1-4H3. The minimum absolute atomic E-state index is 0.216. The van der Waals surface area contributed by atoms with E-state index in [0.717, 1.165) is 42.3 Å². The highest BCUT2D eigenvalue weighted by molar-refractivity contribution is 7.11.